The molecule has 0 spiro atoms. The van der Waals surface area contributed by atoms with Crippen LogP contribution in [-0.4, -0.2) is 73.6 Å². The van der Waals surface area contributed by atoms with Crippen LogP contribution in [0.1, 0.15) is 30.5 Å². The summed E-state index contributed by atoms with van der Waals surface area (Å²) in [5.74, 6) is -3.27. The van der Waals surface area contributed by atoms with Crippen LogP contribution in [0.15, 0.2) is 54.6 Å². The summed E-state index contributed by atoms with van der Waals surface area (Å²) in [6.07, 6.45) is -2.69. The van der Waals surface area contributed by atoms with Crippen LogP contribution in [0.25, 0.3) is 0 Å². The van der Waals surface area contributed by atoms with E-state index in [4.69, 9.17) is 13.7 Å². The zero-order chi connectivity index (χ0) is 27.9. The molecule has 2 aromatic carbocycles. The van der Waals surface area contributed by atoms with Gasteiger partial charge >= 0.3 is 11.9 Å². The Morgan fingerprint density at radius 3 is 1.92 bits per heavy atom. The van der Waals surface area contributed by atoms with Crippen molar-refractivity contribution in [2.45, 2.75) is 45.7 Å². The summed E-state index contributed by atoms with van der Waals surface area (Å²) < 4.78 is 38.3. The lowest BCUT2D eigenvalue weighted by molar-refractivity contribution is -0.181. The van der Waals surface area contributed by atoms with Gasteiger partial charge in [-0.15, -0.1) is 0 Å². The molecule has 204 valence electrons. The van der Waals surface area contributed by atoms with Crippen molar-refractivity contribution in [3.8, 4) is 0 Å². The minimum atomic E-state index is -3.79. The van der Waals surface area contributed by atoms with Crippen LogP contribution in [0.4, 0.5) is 0 Å². The highest BCUT2D eigenvalue weighted by molar-refractivity contribution is 7.85. The fourth-order valence-corrected chi connectivity index (χ4v) is 4.44. The van der Waals surface area contributed by atoms with Crippen molar-refractivity contribution in [3.05, 3.63) is 71.3 Å². The standard InChI is InChI=1S/C26H30N2O9S/c1-18(29)36-23(24(37-19(2)30)26(32)28-16-21-11-7-8-12-22(21)17-28)25(31)27(13-14-35-38(3,33)34)15-20-9-5-4-6-10-20/h4-12,23-24H,13-17H2,1-3H3/t23-,24-/m1/s1. The highest BCUT2D eigenvalue weighted by atomic mass is 32.2. The number of fused-ring (bicyclic) bond motifs is 1. The Bertz CT molecular complexity index is 1260. The fraction of sp³-hybridized carbons (Fsp3) is 0.385. The first-order valence-corrected chi connectivity index (χ1v) is 13.6. The third-order valence-corrected chi connectivity index (χ3v) is 6.28. The van der Waals surface area contributed by atoms with Gasteiger partial charge in [0.15, 0.2) is 0 Å². The van der Waals surface area contributed by atoms with E-state index >= 15 is 0 Å². The van der Waals surface area contributed by atoms with E-state index < -0.39 is 46.1 Å². The van der Waals surface area contributed by atoms with Crippen molar-refractivity contribution in [3.63, 3.8) is 0 Å². The average Bonchev–Trinajstić information content (AvgIpc) is 3.29. The van der Waals surface area contributed by atoms with Gasteiger partial charge in [-0.25, -0.2) is 0 Å². The molecular weight excluding hydrogens is 516 g/mol. The lowest BCUT2D eigenvalue weighted by Crippen LogP contribution is -2.54. The van der Waals surface area contributed by atoms with Crippen molar-refractivity contribution in [1.29, 1.82) is 0 Å². The highest BCUT2D eigenvalue weighted by Gasteiger charge is 2.44. The molecule has 1 aliphatic heterocycles. The number of esters is 2. The maximum absolute atomic E-state index is 13.8. The highest BCUT2D eigenvalue weighted by Crippen LogP contribution is 2.25. The van der Waals surface area contributed by atoms with E-state index in [2.05, 4.69) is 0 Å². The van der Waals surface area contributed by atoms with Crippen LogP contribution in [0.2, 0.25) is 0 Å². The van der Waals surface area contributed by atoms with E-state index in [1.54, 1.807) is 30.3 Å². The summed E-state index contributed by atoms with van der Waals surface area (Å²) in [6, 6.07) is 16.2. The first-order valence-electron chi connectivity index (χ1n) is 11.8. The van der Waals surface area contributed by atoms with Gasteiger partial charge in [0.05, 0.1) is 12.9 Å². The topological polar surface area (TPSA) is 137 Å². The summed E-state index contributed by atoms with van der Waals surface area (Å²) in [6.45, 7) is 1.99. The van der Waals surface area contributed by atoms with Gasteiger partial charge in [-0.3, -0.25) is 23.4 Å². The van der Waals surface area contributed by atoms with Crippen LogP contribution in [-0.2, 0) is 62.6 Å². The third-order valence-electron chi connectivity index (χ3n) is 5.69. The van der Waals surface area contributed by atoms with Crippen molar-refractivity contribution < 1.29 is 41.3 Å². The molecule has 0 aromatic heterocycles. The molecule has 0 unspecified atom stereocenters. The molecule has 12 heteroatoms. The molecule has 0 bridgehead atoms. The molecule has 0 fully saturated rings. The van der Waals surface area contributed by atoms with E-state index in [-0.39, 0.29) is 32.8 Å². The van der Waals surface area contributed by atoms with Crippen LogP contribution in [0.3, 0.4) is 0 Å². The SMILES string of the molecule is CC(=O)O[C@@H](C(=O)N(CCOS(C)(=O)=O)Cc1ccccc1)[C@@H](OC(C)=O)C(=O)N1Cc2ccccc2C1. The molecule has 2 atom stereocenters. The predicted octanol–water partition coefficient (Wildman–Crippen LogP) is 1.40. The first kappa shape index (κ1) is 28.8. The monoisotopic (exact) mass is 546 g/mol. The Hall–Kier alpha value is -3.77. The first-order chi connectivity index (χ1) is 17.9. The van der Waals surface area contributed by atoms with E-state index in [1.165, 1.54) is 9.80 Å². The minimum Gasteiger partial charge on any atom is -0.448 e. The molecule has 1 aliphatic rings. The summed E-state index contributed by atoms with van der Waals surface area (Å²) in [5, 5.41) is 0. The molecule has 2 amide bonds. The van der Waals surface area contributed by atoms with Gasteiger partial charge in [-0.05, 0) is 16.7 Å². The fourth-order valence-electron chi connectivity index (χ4n) is 4.06. The number of carbonyl (C=O) groups is 4. The van der Waals surface area contributed by atoms with Gasteiger partial charge in [-0.1, -0.05) is 54.6 Å². The Kier molecular flexibility index (Phi) is 9.59. The largest absolute Gasteiger partial charge is 0.448 e. The summed E-state index contributed by atoms with van der Waals surface area (Å²) in [4.78, 5) is 54.0. The van der Waals surface area contributed by atoms with Gasteiger partial charge in [0.1, 0.15) is 0 Å². The number of carbonyl (C=O) groups excluding carboxylic acids is 4. The Labute approximate surface area is 221 Å². The minimum absolute atomic E-state index is 0.0132. The number of hydrogen-bond donors (Lipinski definition) is 0. The Balaban J connectivity index is 1.92. The van der Waals surface area contributed by atoms with Crippen molar-refractivity contribution in [2.24, 2.45) is 0 Å². The quantitative estimate of drug-likeness (QED) is 0.302. The molecule has 3 rings (SSSR count). The number of amides is 2. The second-order valence-electron chi connectivity index (χ2n) is 8.79. The van der Waals surface area contributed by atoms with Gasteiger partial charge in [0, 0.05) is 40.0 Å². The predicted molar refractivity (Wildman–Crippen MR) is 134 cm³/mol. The molecule has 0 saturated heterocycles. The molecule has 11 nitrogen and oxygen atoms in total. The molecule has 1 heterocycles. The summed E-state index contributed by atoms with van der Waals surface area (Å²) >= 11 is 0. The molecular formula is C26H30N2O9S. The van der Waals surface area contributed by atoms with Gasteiger partial charge in [0.25, 0.3) is 21.9 Å². The zero-order valence-electron chi connectivity index (χ0n) is 21.4. The number of benzene rings is 2. The molecule has 0 saturated carbocycles. The maximum atomic E-state index is 13.8. The third kappa shape index (κ3) is 8.12. The zero-order valence-corrected chi connectivity index (χ0v) is 22.2. The second kappa shape index (κ2) is 12.7. The van der Waals surface area contributed by atoms with Crippen LogP contribution < -0.4 is 0 Å². The number of nitrogens with zero attached hydrogens (tertiary/aromatic N) is 2. The van der Waals surface area contributed by atoms with Crippen LogP contribution >= 0.6 is 0 Å². The van der Waals surface area contributed by atoms with Gasteiger partial charge in [-0.2, -0.15) is 8.42 Å². The van der Waals surface area contributed by atoms with Crippen molar-refractivity contribution >= 4 is 33.9 Å². The van der Waals surface area contributed by atoms with E-state index in [0.29, 0.717) is 5.56 Å². The van der Waals surface area contributed by atoms with Gasteiger partial charge < -0.3 is 19.3 Å². The Morgan fingerprint density at radius 1 is 0.868 bits per heavy atom. The number of hydrogen-bond acceptors (Lipinski definition) is 9. The summed E-state index contributed by atoms with van der Waals surface area (Å²) in [7, 11) is -3.79. The van der Waals surface area contributed by atoms with Crippen molar-refractivity contribution in [2.75, 3.05) is 19.4 Å². The molecule has 38 heavy (non-hydrogen) atoms. The smallest absolute Gasteiger partial charge is 0.303 e. The lowest BCUT2D eigenvalue weighted by atomic mass is 10.1. The van der Waals surface area contributed by atoms with E-state index in [0.717, 1.165) is 31.2 Å². The van der Waals surface area contributed by atoms with Crippen LogP contribution in [0.5, 0.6) is 0 Å². The normalized spacial score (nSPS) is 14.2. The molecule has 0 aliphatic carbocycles. The number of rotatable bonds is 11. The van der Waals surface area contributed by atoms with Crippen LogP contribution in [0, 0.1) is 0 Å². The van der Waals surface area contributed by atoms with Gasteiger partial charge in [0.2, 0.25) is 12.2 Å². The maximum Gasteiger partial charge on any atom is 0.303 e. The Morgan fingerprint density at radius 2 is 1.39 bits per heavy atom. The lowest BCUT2D eigenvalue weighted by Gasteiger charge is -2.32. The van der Waals surface area contributed by atoms with E-state index in [9.17, 15) is 27.6 Å². The van der Waals surface area contributed by atoms with E-state index in [1.807, 2.05) is 24.3 Å². The molecule has 2 aromatic rings. The van der Waals surface area contributed by atoms with Crippen molar-refractivity contribution in [1.82, 2.24) is 9.80 Å². The molecule has 0 radical (unpaired) electrons. The molecule has 0 N–H and O–H groups in total. The number of ether oxygens (including phenoxy) is 2. The second-order valence-corrected chi connectivity index (χ2v) is 10.4. The summed E-state index contributed by atoms with van der Waals surface area (Å²) in [5.41, 5.74) is 2.50. The average molecular weight is 547 g/mol.